The molecule has 1 N–H and O–H groups in total. The van der Waals surface area contributed by atoms with Gasteiger partial charge in [0.1, 0.15) is 0 Å². The minimum atomic E-state index is 0.245. The molecule has 1 heterocycles. The molecule has 1 aliphatic heterocycles. The van der Waals surface area contributed by atoms with E-state index in [1.165, 1.54) is 19.4 Å². The SMILES string of the molecule is CCC1COCCN1CCCNC(C)(C)C. The van der Waals surface area contributed by atoms with Crippen molar-refractivity contribution in [1.29, 1.82) is 0 Å². The summed E-state index contributed by atoms with van der Waals surface area (Å²) < 4.78 is 5.51. The van der Waals surface area contributed by atoms with Crippen molar-refractivity contribution in [3.05, 3.63) is 0 Å². The highest BCUT2D eigenvalue weighted by molar-refractivity contribution is 4.75. The molecule has 1 atom stereocenters. The molecule has 3 heteroatoms. The minimum absolute atomic E-state index is 0.245. The van der Waals surface area contributed by atoms with E-state index in [-0.39, 0.29) is 5.54 Å². The van der Waals surface area contributed by atoms with Crippen LogP contribution < -0.4 is 5.32 Å². The summed E-state index contributed by atoms with van der Waals surface area (Å²) in [6.07, 6.45) is 2.43. The van der Waals surface area contributed by atoms with Gasteiger partial charge in [-0.25, -0.2) is 0 Å². The van der Waals surface area contributed by atoms with Crippen LogP contribution in [0, 0.1) is 0 Å². The summed E-state index contributed by atoms with van der Waals surface area (Å²) in [5, 5.41) is 3.54. The van der Waals surface area contributed by atoms with Crippen LogP contribution in [-0.2, 0) is 4.74 Å². The Labute approximate surface area is 101 Å². The summed E-state index contributed by atoms with van der Waals surface area (Å²) in [5.41, 5.74) is 0.245. The van der Waals surface area contributed by atoms with E-state index >= 15 is 0 Å². The van der Waals surface area contributed by atoms with Gasteiger partial charge in [0, 0.05) is 18.1 Å². The van der Waals surface area contributed by atoms with Crippen molar-refractivity contribution in [3.63, 3.8) is 0 Å². The molecule has 3 nitrogen and oxygen atoms in total. The molecule has 0 aromatic rings. The highest BCUT2D eigenvalue weighted by Gasteiger charge is 2.20. The summed E-state index contributed by atoms with van der Waals surface area (Å²) in [4.78, 5) is 2.58. The molecule has 0 aromatic carbocycles. The molecule has 1 unspecified atom stereocenters. The van der Waals surface area contributed by atoms with Gasteiger partial charge in [-0.2, -0.15) is 0 Å². The Morgan fingerprint density at radius 1 is 1.38 bits per heavy atom. The Balaban J connectivity index is 2.15. The highest BCUT2D eigenvalue weighted by Crippen LogP contribution is 2.10. The standard InChI is InChI=1S/C13H28N2O/c1-5-12-11-16-10-9-15(12)8-6-7-14-13(2,3)4/h12,14H,5-11H2,1-4H3. The fraction of sp³-hybridized carbons (Fsp3) is 1.00. The van der Waals surface area contributed by atoms with E-state index < -0.39 is 0 Å². The van der Waals surface area contributed by atoms with Crippen molar-refractivity contribution in [3.8, 4) is 0 Å². The van der Waals surface area contributed by atoms with Crippen molar-refractivity contribution >= 4 is 0 Å². The van der Waals surface area contributed by atoms with Crippen LogP contribution in [-0.4, -0.2) is 49.3 Å². The van der Waals surface area contributed by atoms with Crippen LogP contribution in [0.5, 0.6) is 0 Å². The molecule has 0 amide bonds. The van der Waals surface area contributed by atoms with E-state index in [4.69, 9.17) is 4.74 Å². The summed E-state index contributed by atoms with van der Waals surface area (Å²) >= 11 is 0. The molecule has 0 bridgehead atoms. The maximum absolute atomic E-state index is 5.51. The number of morpholine rings is 1. The van der Waals surface area contributed by atoms with Crippen molar-refractivity contribution < 1.29 is 4.74 Å². The average Bonchev–Trinajstić information content (AvgIpc) is 2.23. The maximum atomic E-state index is 5.51. The number of hydrogen-bond donors (Lipinski definition) is 1. The average molecular weight is 228 g/mol. The second-order valence-electron chi connectivity index (χ2n) is 5.70. The zero-order chi connectivity index (χ0) is 12.0. The molecule has 0 saturated carbocycles. The molecule has 1 aliphatic rings. The quantitative estimate of drug-likeness (QED) is 0.727. The minimum Gasteiger partial charge on any atom is -0.378 e. The van der Waals surface area contributed by atoms with Gasteiger partial charge < -0.3 is 10.1 Å². The Hall–Kier alpha value is -0.120. The van der Waals surface area contributed by atoms with Crippen LogP contribution in [0.4, 0.5) is 0 Å². The topological polar surface area (TPSA) is 24.5 Å². The highest BCUT2D eigenvalue weighted by atomic mass is 16.5. The summed E-state index contributed by atoms with van der Waals surface area (Å²) in [6, 6.07) is 0.642. The number of nitrogens with zero attached hydrogens (tertiary/aromatic N) is 1. The Bertz CT molecular complexity index is 189. The molecule has 1 rings (SSSR count). The molecular formula is C13H28N2O. The third-order valence-electron chi connectivity index (χ3n) is 3.10. The molecule has 16 heavy (non-hydrogen) atoms. The van der Waals surface area contributed by atoms with Crippen molar-refractivity contribution in [2.75, 3.05) is 32.8 Å². The normalized spacial score (nSPS) is 23.6. The maximum Gasteiger partial charge on any atom is 0.0622 e. The van der Waals surface area contributed by atoms with Gasteiger partial charge in [-0.05, 0) is 46.7 Å². The van der Waals surface area contributed by atoms with Crippen molar-refractivity contribution in [2.24, 2.45) is 0 Å². The van der Waals surface area contributed by atoms with E-state index in [9.17, 15) is 0 Å². The third kappa shape index (κ3) is 5.28. The second-order valence-corrected chi connectivity index (χ2v) is 5.70. The Morgan fingerprint density at radius 2 is 2.12 bits per heavy atom. The monoisotopic (exact) mass is 228 g/mol. The molecule has 0 spiro atoms. The van der Waals surface area contributed by atoms with Gasteiger partial charge in [-0.1, -0.05) is 6.92 Å². The van der Waals surface area contributed by atoms with Gasteiger partial charge in [-0.15, -0.1) is 0 Å². The fourth-order valence-corrected chi connectivity index (χ4v) is 2.11. The fourth-order valence-electron chi connectivity index (χ4n) is 2.11. The molecule has 96 valence electrons. The lowest BCUT2D eigenvalue weighted by Gasteiger charge is -2.35. The first-order chi connectivity index (χ1) is 7.53. The van der Waals surface area contributed by atoms with Crippen LogP contribution in [0.15, 0.2) is 0 Å². The van der Waals surface area contributed by atoms with Crippen LogP contribution in [0.1, 0.15) is 40.5 Å². The lowest BCUT2D eigenvalue weighted by Crippen LogP contribution is -2.46. The number of nitrogens with one attached hydrogen (secondary N) is 1. The summed E-state index contributed by atoms with van der Waals surface area (Å²) in [7, 11) is 0. The lowest BCUT2D eigenvalue weighted by molar-refractivity contribution is -0.00899. The zero-order valence-corrected chi connectivity index (χ0v) is 11.4. The van der Waals surface area contributed by atoms with E-state index in [2.05, 4.69) is 37.9 Å². The lowest BCUT2D eigenvalue weighted by atomic mass is 10.1. The van der Waals surface area contributed by atoms with E-state index in [0.717, 1.165) is 26.3 Å². The predicted molar refractivity (Wildman–Crippen MR) is 68.8 cm³/mol. The Morgan fingerprint density at radius 3 is 2.75 bits per heavy atom. The second kappa shape index (κ2) is 6.58. The molecule has 1 fully saturated rings. The molecule has 0 aromatic heterocycles. The van der Waals surface area contributed by atoms with Gasteiger partial charge in [0.2, 0.25) is 0 Å². The predicted octanol–water partition coefficient (Wildman–Crippen LogP) is 1.88. The first-order valence-electron chi connectivity index (χ1n) is 6.60. The van der Waals surface area contributed by atoms with Gasteiger partial charge in [0.15, 0.2) is 0 Å². The zero-order valence-electron chi connectivity index (χ0n) is 11.4. The number of rotatable bonds is 5. The molecule has 0 aliphatic carbocycles. The number of ether oxygens (including phenoxy) is 1. The first-order valence-corrected chi connectivity index (χ1v) is 6.60. The van der Waals surface area contributed by atoms with Gasteiger partial charge in [-0.3, -0.25) is 4.90 Å². The van der Waals surface area contributed by atoms with E-state index in [0.29, 0.717) is 6.04 Å². The first kappa shape index (κ1) is 13.9. The largest absolute Gasteiger partial charge is 0.378 e. The van der Waals surface area contributed by atoms with Crippen LogP contribution in [0.2, 0.25) is 0 Å². The molecule has 0 radical (unpaired) electrons. The summed E-state index contributed by atoms with van der Waals surface area (Å²) in [5.74, 6) is 0. The van der Waals surface area contributed by atoms with Gasteiger partial charge >= 0.3 is 0 Å². The molecule has 1 saturated heterocycles. The van der Waals surface area contributed by atoms with E-state index in [1.54, 1.807) is 0 Å². The van der Waals surface area contributed by atoms with Crippen LogP contribution in [0.3, 0.4) is 0 Å². The summed E-state index contributed by atoms with van der Waals surface area (Å²) in [6.45, 7) is 14.1. The van der Waals surface area contributed by atoms with Gasteiger partial charge in [0.05, 0.1) is 13.2 Å². The van der Waals surface area contributed by atoms with Crippen molar-refractivity contribution in [1.82, 2.24) is 10.2 Å². The van der Waals surface area contributed by atoms with Gasteiger partial charge in [0.25, 0.3) is 0 Å². The van der Waals surface area contributed by atoms with Crippen molar-refractivity contribution in [2.45, 2.75) is 52.1 Å². The van der Waals surface area contributed by atoms with Crippen LogP contribution >= 0.6 is 0 Å². The third-order valence-corrected chi connectivity index (χ3v) is 3.10. The molecular weight excluding hydrogens is 200 g/mol. The smallest absolute Gasteiger partial charge is 0.0622 e. The number of hydrogen-bond acceptors (Lipinski definition) is 3. The van der Waals surface area contributed by atoms with E-state index in [1.807, 2.05) is 0 Å². The van der Waals surface area contributed by atoms with Crippen LogP contribution in [0.25, 0.3) is 0 Å². The Kier molecular flexibility index (Phi) is 5.73.